The Kier molecular flexibility index (Phi) is 5.42. The highest BCUT2D eigenvalue weighted by Gasteiger charge is 2.29. The van der Waals surface area contributed by atoms with Crippen LogP contribution in [0.5, 0.6) is 0 Å². The summed E-state index contributed by atoms with van der Waals surface area (Å²) in [6, 6.07) is 3.09. The molecule has 0 aromatic carbocycles. The lowest BCUT2D eigenvalue weighted by molar-refractivity contribution is 0.0721. The van der Waals surface area contributed by atoms with E-state index in [0.29, 0.717) is 30.3 Å². The minimum Gasteiger partial charge on any atom is -0.380 e. The second-order valence-electron chi connectivity index (χ2n) is 7.17. The van der Waals surface area contributed by atoms with Gasteiger partial charge < -0.3 is 15.0 Å². The van der Waals surface area contributed by atoms with E-state index in [1.54, 1.807) is 18.2 Å². The maximum atomic E-state index is 13.5. The standard InChI is InChI=1S/C20H22FN5O2S/c1-11-6-16-18(29-11)17(19(27)26-5-4-15(10-26)28-3)25-20(24-16)23-12(2)13-7-14(21)9-22-8-13/h6-9,12,15H,4-5,10H2,1-3H3,(H,23,24,25)/t12?,15-/m0/s1. The summed E-state index contributed by atoms with van der Waals surface area (Å²) >= 11 is 1.51. The Labute approximate surface area is 171 Å². The molecule has 3 aromatic heterocycles. The fourth-order valence-electron chi connectivity index (χ4n) is 3.46. The van der Waals surface area contributed by atoms with Gasteiger partial charge in [0.15, 0.2) is 5.69 Å². The zero-order chi connectivity index (χ0) is 20.5. The van der Waals surface area contributed by atoms with E-state index in [9.17, 15) is 9.18 Å². The van der Waals surface area contributed by atoms with Crippen LogP contribution in [-0.2, 0) is 4.74 Å². The van der Waals surface area contributed by atoms with Gasteiger partial charge in [0, 0.05) is 31.3 Å². The van der Waals surface area contributed by atoms with Crippen LogP contribution in [-0.4, -0.2) is 52.1 Å². The van der Waals surface area contributed by atoms with Gasteiger partial charge in [-0.1, -0.05) is 0 Å². The summed E-state index contributed by atoms with van der Waals surface area (Å²) in [7, 11) is 1.66. The van der Waals surface area contributed by atoms with Crippen molar-refractivity contribution in [1.29, 1.82) is 0 Å². The number of halogens is 1. The van der Waals surface area contributed by atoms with Crippen LogP contribution in [0.3, 0.4) is 0 Å². The minimum absolute atomic E-state index is 0.0550. The molecule has 1 aliphatic rings. The Morgan fingerprint density at radius 3 is 2.93 bits per heavy atom. The number of amides is 1. The quantitative estimate of drug-likeness (QED) is 0.686. The molecule has 152 valence electrons. The number of pyridine rings is 1. The van der Waals surface area contributed by atoms with E-state index in [1.165, 1.54) is 17.4 Å². The Hall–Kier alpha value is -2.65. The summed E-state index contributed by atoms with van der Waals surface area (Å²) in [4.78, 5) is 29.0. The summed E-state index contributed by atoms with van der Waals surface area (Å²) in [5.41, 5.74) is 1.78. The number of aromatic nitrogens is 3. The monoisotopic (exact) mass is 415 g/mol. The van der Waals surface area contributed by atoms with Gasteiger partial charge in [0.25, 0.3) is 5.91 Å². The second kappa shape index (κ2) is 8.00. The van der Waals surface area contributed by atoms with Crippen LogP contribution in [0, 0.1) is 12.7 Å². The molecular formula is C20H22FN5O2S. The number of ether oxygens (including phenoxy) is 1. The van der Waals surface area contributed by atoms with Gasteiger partial charge in [0.2, 0.25) is 5.95 Å². The van der Waals surface area contributed by atoms with Crippen molar-refractivity contribution < 1.29 is 13.9 Å². The number of fused-ring (bicyclic) bond motifs is 1. The van der Waals surface area contributed by atoms with Crippen LogP contribution in [0.4, 0.5) is 10.3 Å². The first-order valence-corrected chi connectivity index (χ1v) is 10.2. The molecular weight excluding hydrogens is 393 g/mol. The number of rotatable bonds is 5. The number of hydrogen-bond donors (Lipinski definition) is 1. The number of carbonyl (C=O) groups excluding carboxylic acids is 1. The van der Waals surface area contributed by atoms with Gasteiger partial charge in [-0.3, -0.25) is 9.78 Å². The van der Waals surface area contributed by atoms with Crippen LogP contribution in [0.15, 0.2) is 24.5 Å². The van der Waals surface area contributed by atoms with Gasteiger partial charge in [-0.25, -0.2) is 14.4 Å². The lowest BCUT2D eigenvalue weighted by Crippen LogP contribution is -2.31. The number of hydrogen-bond acceptors (Lipinski definition) is 7. The molecule has 4 rings (SSSR count). The average molecular weight is 415 g/mol. The molecule has 1 fully saturated rings. The molecule has 1 saturated heterocycles. The number of methoxy groups -OCH3 is 1. The summed E-state index contributed by atoms with van der Waals surface area (Å²) in [5, 5.41) is 3.17. The van der Waals surface area contributed by atoms with Crippen molar-refractivity contribution in [2.45, 2.75) is 32.4 Å². The van der Waals surface area contributed by atoms with Crippen molar-refractivity contribution in [3.8, 4) is 0 Å². The van der Waals surface area contributed by atoms with Crippen molar-refractivity contribution in [3.05, 3.63) is 46.5 Å². The molecule has 29 heavy (non-hydrogen) atoms. The van der Waals surface area contributed by atoms with Crippen LogP contribution >= 0.6 is 11.3 Å². The van der Waals surface area contributed by atoms with E-state index >= 15 is 0 Å². The molecule has 0 bridgehead atoms. The third kappa shape index (κ3) is 4.06. The highest BCUT2D eigenvalue weighted by Crippen LogP contribution is 2.30. The first kappa shape index (κ1) is 19.7. The van der Waals surface area contributed by atoms with E-state index in [2.05, 4.69) is 20.3 Å². The number of nitrogens with zero attached hydrogens (tertiary/aromatic N) is 4. The molecule has 7 nitrogen and oxygen atoms in total. The number of thiophene rings is 1. The SMILES string of the molecule is CO[C@H]1CCN(C(=O)c2nc(NC(C)c3cncc(F)c3)nc3cc(C)sc23)C1. The zero-order valence-electron chi connectivity index (χ0n) is 16.5. The number of carbonyl (C=O) groups is 1. The largest absolute Gasteiger partial charge is 0.380 e. The molecule has 3 aromatic rings. The van der Waals surface area contributed by atoms with E-state index < -0.39 is 5.82 Å². The zero-order valence-corrected chi connectivity index (χ0v) is 17.3. The molecule has 1 aliphatic heterocycles. The van der Waals surface area contributed by atoms with Gasteiger partial charge >= 0.3 is 0 Å². The molecule has 9 heteroatoms. The maximum Gasteiger partial charge on any atom is 0.274 e. The third-order valence-electron chi connectivity index (χ3n) is 5.03. The van der Waals surface area contributed by atoms with Crippen LogP contribution in [0.25, 0.3) is 10.2 Å². The molecule has 0 spiro atoms. The smallest absolute Gasteiger partial charge is 0.274 e. The molecule has 2 atom stereocenters. The van der Waals surface area contributed by atoms with E-state index in [4.69, 9.17) is 4.74 Å². The number of aryl methyl sites for hydroxylation is 1. The molecule has 4 heterocycles. The summed E-state index contributed by atoms with van der Waals surface area (Å²) in [6.07, 6.45) is 3.62. The first-order valence-electron chi connectivity index (χ1n) is 9.42. The predicted octanol–water partition coefficient (Wildman–Crippen LogP) is 3.57. The molecule has 1 unspecified atom stereocenters. The molecule has 0 saturated carbocycles. The average Bonchev–Trinajstić information content (AvgIpc) is 3.32. The number of nitrogens with one attached hydrogen (secondary N) is 1. The highest BCUT2D eigenvalue weighted by molar-refractivity contribution is 7.19. The minimum atomic E-state index is -0.404. The van der Waals surface area contributed by atoms with E-state index in [0.717, 1.165) is 27.7 Å². The molecule has 1 amide bonds. The lowest BCUT2D eigenvalue weighted by Gasteiger charge is -2.18. The van der Waals surface area contributed by atoms with Gasteiger partial charge in [-0.2, -0.15) is 0 Å². The normalized spacial score (nSPS) is 17.7. The summed E-state index contributed by atoms with van der Waals surface area (Å²) < 4.78 is 19.7. The van der Waals surface area contributed by atoms with Crippen molar-refractivity contribution >= 4 is 33.4 Å². The van der Waals surface area contributed by atoms with E-state index in [1.807, 2.05) is 19.9 Å². The van der Waals surface area contributed by atoms with Crippen molar-refractivity contribution in [3.63, 3.8) is 0 Å². The van der Waals surface area contributed by atoms with Crippen molar-refractivity contribution in [1.82, 2.24) is 19.9 Å². The molecule has 0 radical (unpaired) electrons. The maximum absolute atomic E-state index is 13.5. The molecule has 1 N–H and O–H groups in total. The lowest BCUT2D eigenvalue weighted by atomic mass is 10.1. The highest BCUT2D eigenvalue weighted by atomic mass is 32.1. The fourth-order valence-corrected chi connectivity index (χ4v) is 4.39. The summed E-state index contributed by atoms with van der Waals surface area (Å²) in [5.74, 6) is -0.196. The van der Waals surface area contributed by atoms with E-state index in [-0.39, 0.29) is 18.1 Å². The predicted molar refractivity (Wildman–Crippen MR) is 110 cm³/mol. The first-order chi connectivity index (χ1) is 13.9. The Balaban J connectivity index is 1.66. The Bertz CT molecular complexity index is 1060. The number of likely N-dealkylation sites (tertiary alicyclic amines) is 1. The second-order valence-corrected chi connectivity index (χ2v) is 8.42. The third-order valence-corrected chi connectivity index (χ3v) is 6.08. The van der Waals surface area contributed by atoms with Gasteiger partial charge in [-0.05, 0) is 38.0 Å². The van der Waals surface area contributed by atoms with Crippen molar-refractivity contribution in [2.24, 2.45) is 0 Å². The topological polar surface area (TPSA) is 80.2 Å². The summed E-state index contributed by atoms with van der Waals surface area (Å²) in [6.45, 7) is 5.04. The van der Waals surface area contributed by atoms with Crippen LogP contribution in [0.1, 0.15) is 40.3 Å². The Morgan fingerprint density at radius 2 is 2.21 bits per heavy atom. The Morgan fingerprint density at radius 1 is 1.38 bits per heavy atom. The van der Waals surface area contributed by atoms with Crippen LogP contribution < -0.4 is 5.32 Å². The number of anilines is 1. The molecule has 0 aliphatic carbocycles. The fraction of sp³-hybridized carbons (Fsp3) is 0.400. The van der Waals surface area contributed by atoms with Gasteiger partial charge in [0.05, 0.1) is 28.6 Å². The van der Waals surface area contributed by atoms with Gasteiger partial charge in [0.1, 0.15) is 5.82 Å². The van der Waals surface area contributed by atoms with Crippen molar-refractivity contribution in [2.75, 3.05) is 25.5 Å². The van der Waals surface area contributed by atoms with Gasteiger partial charge in [-0.15, -0.1) is 11.3 Å². The van der Waals surface area contributed by atoms with Crippen LogP contribution in [0.2, 0.25) is 0 Å².